The average molecular weight is 413 g/mol. The molecule has 1 amide bonds. The van der Waals surface area contributed by atoms with Gasteiger partial charge in [0.25, 0.3) is 5.89 Å². The Kier molecular flexibility index (Phi) is 3.95. The number of H-pyrrole nitrogens is 1. The highest BCUT2D eigenvalue weighted by molar-refractivity contribution is 5.90. The number of aromatic amines is 1. The largest absolute Gasteiger partial charge is 0.413 e. The second-order valence-electron chi connectivity index (χ2n) is 7.56. The molecule has 1 N–H and O–H groups in total. The van der Waals surface area contributed by atoms with Crippen LogP contribution in [0, 0.1) is 5.82 Å². The maximum Gasteiger partial charge on any atom is 0.312 e. The van der Waals surface area contributed by atoms with Crippen molar-refractivity contribution < 1.29 is 18.0 Å². The molecule has 0 aliphatic carbocycles. The molecule has 0 spiro atoms. The second-order valence-corrected chi connectivity index (χ2v) is 7.56. The predicted molar refractivity (Wildman–Crippen MR) is 98.8 cm³/mol. The van der Waals surface area contributed by atoms with Gasteiger partial charge >= 0.3 is 11.8 Å². The van der Waals surface area contributed by atoms with Crippen molar-refractivity contribution in [1.29, 1.82) is 0 Å². The number of halogens is 2. The van der Waals surface area contributed by atoms with Crippen molar-refractivity contribution in [2.75, 3.05) is 6.54 Å². The van der Waals surface area contributed by atoms with Crippen LogP contribution in [0.5, 0.6) is 0 Å². The average Bonchev–Trinajstić information content (AvgIpc) is 3.44. The van der Waals surface area contributed by atoms with Crippen LogP contribution < -0.4 is 0 Å². The van der Waals surface area contributed by atoms with E-state index in [4.69, 9.17) is 4.42 Å². The van der Waals surface area contributed by atoms with Gasteiger partial charge in [-0.25, -0.2) is 18.3 Å². The Labute approximate surface area is 168 Å². The number of imidazole rings is 1. The molecular weight excluding hydrogens is 396 g/mol. The Morgan fingerprint density at radius 1 is 1.37 bits per heavy atom. The summed E-state index contributed by atoms with van der Waals surface area (Å²) in [6.45, 7) is 2.84. The number of nitrogens with one attached hydrogen (secondary N) is 1. The number of amides is 1. The van der Waals surface area contributed by atoms with E-state index in [1.807, 2.05) is 0 Å². The van der Waals surface area contributed by atoms with E-state index in [1.165, 1.54) is 29.3 Å². The summed E-state index contributed by atoms with van der Waals surface area (Å²) in [6, 6.07) is 3.76. The van der Waals surface area contributed by atoms with Gasteiger partial charge in [-0.1, -0.05) is 0 Å². The number of fused-ring (bicyclic) bond motifs is 2. The number of nitrogens with zero attached hydrogens (tertiary/aromatic N) is 6. The Morgan fingerprint density at radius 3 is 2.93 bits per heavy atom. The highest BCUT2D eigenvalue weighted by atomic mass is 19.1. The van der Waals surface area contributed by atoms with Crippen LogP contribution in [0.4, 0.5) is 8.78 Å². The van der Waals surface area contributed by atoms with Gasteiger partial charge in [-0.05, 0) is 32.0 Å². The first kappa shape index (κ1) is 18.4. The molecule has 0 bridgehead atoms. The smallest absolute Gasteiger partial charge is 0.312 e. The molecular formula is C19H17F2N7O2. The quantitative estimate of drug-likeness (QED) is 0.554. The van der Waals surface area contributed by atoms with Crippen LogP contribution in [0.3, 0.4) is 0 Å². The fourth-order valence-corrected chi connectivity index (χ4v) is 3.60. The van der Waals surface area contributed by atoms with E-state index >= 15 is 0 Å². The molecule has 1 aliphatic heterocycles. The van der Waals surface area contributed by atoms with E-state index in [-0.39, 0.29) is 17.3 Å². The normalized spacial score (nSPS) is 16.8. The zero-order valence-electron chi connectivity index (χ0n) is 16.1. The lowest BCUT2D eigenvalue weighted by atomic mass is 9.99. The minimum Gasteiger partial charge on any atom is -0.413 e. The first-order valence-electron chi connectivity index (χ1n) is 9.33. The number of alkyl halides is 1. The molecule has 5 rings (SSSR count). The zero-order valence-corrected chi connectivity index (χ0v) is 16.1. The van der Waals surface area contributed by atoms with E-state index in [1.54, 1.807) is 24.7 Å². The standard InChI is InChI=1S/C19H17F2N7O2/c1-19(2,21)18-25-24-16(30-18)17(29)27-7-5-11-14(23-9-22-11)15(27)12-8-13-10(20)4-3-6-28(13)26-12/h3-4,6,8-9,15H,5,7H2,1-2H3,(H,22,23). The molecule has 1 atom stereocenters. The Hall–Kier alpha value is -3.63. The van der Waals surface area contributed by atoms with Crippen LogP contribution in [0.2, 0.25) is 0 Å². The monoisotopic (exact) mass is 413 g/mol. The molecule has 1 unspecified atom stereocenters. The molecule has 0 saturated heterocycles. The number of aromatic nitrogens is 6. The highest BCUT2D eigenvalue weighted by Crippen LogP contribution is 2.34. The maximum absolute atomic E-state index is 14.2. The van der Waals surface area contributed by atoms with Crippen LogP contribution in [0.1, 0.15) is 53.5 Å². The lowest BCUT2D eigenvalue weighted by Crippen LogP contribution is -2.41. The highest BCUT2D eigenvalue weighted by Gasteiger charge is 2.39. The summed E-state index contributed by atoms with van der Waals surface area (Å²) in [5.41, 5.74) is 0.303. The van der Waals surface area contributed by atoms with Crippen molar-refractivity contribution >= 4 is 11.4 Å². The van der Waals surface area contributed by atoms with Gasteiger partial charge in [-0.2, -0.15) is 5.10 Å². The van der Waals surface area contributed by atoms with Crippen LogP contribution in [-0.4, -0.2) is 47.1 Å². The third-order valence-corrected chi connectivity index (χ3v) is 5.05. The van der Waals surface area contributed by atoms with E-state index in [2.05, 4.69) is 25.3 Å². The van der Waals surface area contributed by atoms with Crippen molar-refractivity contribution in [1.82, 2.24) is 34.7 Å². The maximum atomic E-state index is 14.2. The molecule has 30 heavy (non-hydrogen) atoms. The summed E-state index contributed by atoms with van der Waals surface area (Å²) in [5.74, 6) is -1.61. The van der Waals surface area contributed by atoms with Gasteiger partial charge in [0.15, 0.2) is 5.67 Å². The van der Waals surface area contributed by atoms with Crippen molar-refractivity contribution in [3.8, 4) is 0 Å². The van der Waals surface area contributed by atoms with Crippen LogP contribution >= 0.6 is 0 Å². The molecule has 4 aromatic heterocycles. The topological polar surface area (TPSA) is 105 Å². The van der Waals surface area contributed by atoms with Gasteiger partial charge in [0.05, 0.1) is 17.7 Å². The van der Waals surface area contributed by atoms with E-state index < -0.39 is 23.4 Å². The SMILES string of the molecule is CC(C)(F)c1nnc(C(=O)N2CCc3[nH]cnc3C2c2cc3c(F)cccn3n2)o1. The van der Waals surface area contributed by atoms with E-state index in [0.717, 1.165) is 5.69 Å². The Morgan fingerprint density at radius 2 is 2.20 bits per heavy atom. The number of carbonyl (C=O) groups is 1. The number of hydrogen-bond acceptors (Lipinski definition) is 6. The van der Waals surface area contributed by atoms with Crippen molar-refractivity contribution in [3.63, 3.8) is 0 Å². The summed E-state index contributed by atoms with van der Waals surface area (Å²) >= 11 is 0. The molecule has 11 heteroatoms. The molecule has 5 heterocycles. The molecule has 9 nitrogen and oxygen atoms in total. The Bertz CT molecular complexity index is 1250. The minimum atomic E-state index is -1.87. The summed E-state index contributed by atoms with van der Waals surface area (Å²) in [6.07, 6.45) is 3.68. The molecule has 4 aromatic rings. The van der Waals surface area contributed by atoms with E-state index in [0.29, 0.717) is 24.4 Å². The van der Waals surface area contributed by atoms with Gasteiger partial charge in [0.1, 0.15) is 17.4 Å². The van der Waals surface area contributed by atoms with E-state index in [9.17, 15) is 13.6 Å². The van der Waals surface area contributed by atoms with Crippen LogP contribution in [0.15, 0.2) is 35.1 Å². The fourth-order valence-electron chi connectivity index (χ4n) is 3.60. The minimum absolute atomic E-state index is 0.279. The molecule has 0 saturated carbocycles. The summed E-state index contributed by atoms with van der Waals surface area (Å²) in [7, 11) is 0. The molecule has 0 radical (unpaired) electrons. The van der Waals surface area contributed by atoms with Gasteiger partial charge in [0, 0.05) is 24.9 Å². The van der Waals surface area contributed by atoms with Gasteiger partial charge in [-0.15, -0.1) is 10.2 Å². The number of pyridine rings is 1. The van der Waals surface area contributed by atoms with Crippen molar-refractivity contribution in [2.24, 2.45) is 0 Å². The molecule has 0 aromatic carbocycles. The van der Waals surface area contributed by atoms with Gasteiger partial charge in [-0.3, -0.25) is 4.79 Å². The summed E-state index contributed by atoms with van der Waals surface area (Å²) in [5, 5.41) is 11.8. The zero-order chi connectivity index (χ0) is 21.0. The van der Waals surface area contributed by atoms with Gasteiger partial charge < -0.3 is 14.3 Å². The van der Waals surface area contributed by atoms with Crippen LogP contribution in [0.25, 0.3) is 5.52 Å². The second kappa shape index (κ2) is 6.44. The fraction of sp³-hybridized carbons (Fsp3) is 0.316. The first-order valence-corrected chi connectivity index (χ1v) is 9.33. The lowest BCUT2D eigenvalue weighted by molar-refractivity contribution is 0.0636. The van der Waals surface area contributed by atoms with Gasteiger partial charge in [0.2, 0.25) is 0 Å². The van der Waals surface area contributed by atoms with Crippen LogP contribution in [-0.2, 0) is 12.1 Å². The number of hydrogen-bond donors (Lipinski definition) is 1. The Balaban J connectivity index is 1.59. The van der Waals surface area contributed by atoms with Crippen molar-refractivity contribution in [2.45, 2.75) is 32.0 Å². The third kappa shape index (κ3) is 2.85. The summed E-state index contributed by atoms with van der Waals surface area (Å²) in [4.78, 5) is 22.1. The lowest BCUT2D eigenvalue weighted by Gasteiger charge is -2.32. The molecule has 154 valence electrons. The number of carbonyl (C=O) groups excluding carboxylic acids is 1. The molecule has 1 aliphatic rings. The summed E-state index contributed by atoms with van der Waals surface area (Å²) < 4.78 is 35.0. The predicted octanol–water partition coefficient (Wildman–Crippen LogP) is 2.57. The first-order chi connectivity index (χ1) is 14.3. The van der Waals surface area contributed by atoms with Crippen molar-refractivity contribution in [3.05, 3.63) is 65.4 Å². The third-order valence-electron chi connectivity index (χ3n) is 5.05. The number of rotatable bonds is 3. The molecule has 0 fully saturated rings.